The van der Waals surface area contributed by atoms with Crippen molar-refractivity contribution in [1.29, 1.82) is 0 Å². The average molecular weight is 653 g/mol. The molecular formula is C29H31F3N4O6S2. The van der Waals surface area contributed by atoms with E-state index in [1.807, 2.05) is 16.7 Å². The standard InChI is InChI=1S/C29H31F3N4O6S2/c1-4-5-10-27-33-24-16-15-22(34-43(38,39)19(2)3)17-25(24)36(27)18-20-11-13-21(14-12-20)23-8-6-7-9-26(23)42-28(37)35-44(40,41)29(30,31)32/h6-9,11-17,19,34H,4-5,10,18H2,1-3H3,(H,35,37). The lowest BCUT2D eigenvalue weighted by molar-refractivity contribution is -0.0446. The van der Waals surface area contributed by atoms with Crippen LogP contribution in [0.4, 0.5) is 23.7 Å². The molecule has 44 heavy (non-hydrogen) atoms. The van der Waals surface area contributed by atoms with Crippen LogP contribution < -0.4 is 14.2 Å². The van der Waals surface area contributed by atoms with Gasteiger partial charge in [0, 0.05) is 18.5 Å². The van der Waals surface area contributed by atoms with E-state index in [1.165, 1.54) is 12.1 Å². The van der Waals surface area contributed by atoms with Gasteiger partial charge < -0.3 is 9.30 Å². The van der Waals surface area contributed by atoms with Gasteiger partial charge in [-0.25, -0.2) is 22.9 Å². The fourth-order valence-corrected chi connectivity index (χ4v) is 5.34. The van der Waals surface area contributed by atoms with E-state index in [9.17, 15) is 34.8 Å². The minimum absolute atomic E-state index is 0.144. The highest BCUT2D eigenvalue weighted by Gasteiger charge is 2.47. The molecule has 0 fully saturated rings. The number of alkyl halides is 3. The van der Waals surface area contributed by atoms with E-state index in [-0.39, 0.29) is 5.75 Å². The van der Waals surface area contributed by atoms with E-state index in [0.717, 1.165) is 40.0 Å². The van der Waals surface area contributed by atoms with E-state index in [4.69, 9.17) is 9.72 Å². The van der Waals surface area contributed by atoms with E-state index >= 15 is 0 Å². The topological polar surface area (TPSA) is 136 Å². The maximum Gasteiger partial charge on any atom is 0.516 e. The van der Waals surface area contributed by atoms with Crippen LogP contribution in [0.1, 0.15) is 45.0 Å². The van der Waals surface area contributed by atoms with Crippen LogP contribution in [0.25, 0.3) is 22.2 Å². The second-order valence-corrected chi connectivity index (χ2v) is 14.2. The van der Waals surface area contributed by atoms with E-state index in [0.29, 0.717) is 29.8 Å². The molecule has 0 atom stereocenters. The fraction of sp³-hybridized carbons (Fsp3) is 0.310. The van der Waals surface area contributed by atoms with Crippen molar-refractivity contribution < 1.29 is 39.5 Å². The molecule has 236 valence electrons. The number of sulfonamides is 2. The van der Waals surface area contributed by atoms with Gasteiger partial charge in [-0.2, -0.15) is 21.6 Å². The fourth-order valence-electron chi connectivity index (χ4n) is 4.28. The Hall–Kier alpha value is -4.11. The normalized spacial score (nSPS) is 12.4. The van der Waals surface area contributed by atoms with Gasteiger partial charge in [0.05, 0.1) is 22.0 Å². The molecular weight excluding hydrogens is 621 g/mol. The van der Waals surface area contributed by atoms with Crippen molar-refractivity contribution in [3.8, 4) is 16.9 Å². The molecule has 0 bridgehead atoms. The molecule has 0 radical (unpaired) electrons. The second-order valence-electron chi connectivity index (χ2n) is 10.3. The van der Waals surface area contributed by atoms with Crippen molar-refractivity contribution in [2.75, 3.05) is 4.72 Å². The Morgan fingerprint density at radius 3 is 2.32 bits per heavy atom. The molecule has 3 aromatic carbocycles. The number of hydrogen-bond donors (Lipinski definition) is 2. The number of carbonyl (C=O) groups is 1. The van der Waals surface area contributed by atoms with Gasteiger partial charge in [-0.1, -0.05) is 55.8 Å². The van der Waals surface area contributed by atoms with Gasteiger partial charge in [0.25, 0.3) is 0 Å². The highest BCUT2D eigenvalue weighted by atomic mass is 32.2. The summed E-state index contributed by atoms with van der Waals surface area (Å²) in [6.07, 6.45) is 0.781. The molecule has 4 rings (SSSR count). The molecule has 15 heteroatoms. The van der Waals surface area contributed by atoms with Crippen LogP contribution in [0.3, 0.4) is 0 Å². The third kappa shape index (κ3) is 7.50. The third-order valence-electron chi connectivity index (χ3n) is 6.68. The molecule has 1 aromatic heterocycles. The van der Waals surface area contributed by atoms with Crippen molar-refractivity contribution in [2.24, 2.45) is 0 Å². The predicted molar refractivity (Wildman–Crippen MR) is 161 cm³/mol. The molecule has 0 saturated heterocycles. The Morgan fingerprint density at radius 1 is 1.00 bits per heavy atom. The Labute approximate surface area is 253 Å². The van der Waals surface area contributed by atoms with E-state index in [1.54, 1.807) is 56.3 Å². The summed E-state index contributed by atoms with van der Waals surface area (Å²) < 4.78 is 95.8. The number of fused-ring (bicyclic) bond motifs is 1. The Balaban J connectivity index is 1.61. The summed E-state index contributed by atoms with van der Waals surface area (Å²) in [4.78, 5) is 16.8. The predicted octanol–water partition coefficient (Wildman–Crippen LogP) is 6.18. The third-order valence-corrected chi connectivity index (χ3v) is 9.49. The summed E-state index contributed by atoms with van der Waals surface area (Å²) in [7, 11) is -9.48. The number of nitrogens with one attached hydrogen (secondary N) is 2. The zero-order valence-electron chi connectivity index (χ0n) is 24.1. The molecule has 0 aliphatic rings. The first-order chi connectivity index (χ1) is 20.6. The highest BCUT2D eigenvalue weighted by Crippen LogP contribution is 2.31. The highest BCUT2D eigenvalue weighted by molar-refractivity contribution is 7.93. The number of aryl methyl sites for hydroxylation is 1. The first-order valence-corrected chi connectivity index (χ1v) is 16.6. The first kappa shape index (κ1) is 32.8. The summed E-state index contributed by atoms with van der Waals surface area (Å²) in [5.74, 6) is 0.697. The Kier molecular flexibility index (Phi) is 9.59. The SMILES string of the molecule is CCCCc1nc2ccc(NS(=O)(=O)C(C)C)cc2n1Cc1ccc(-c2ccccc2OC(=O)NS(=O)(=O)C(F)(F)F)cc1. The van der Waals surface area contributed by atoms with Gasteiger partial charge in [0.2, 0.25) is 10.0 Å². The van der Waals surface area contributed by atoms with E-state index in [2.05, 4.69) is 11.6 Å². The lowest BCUT2D eigenvalue weighted by atomic mass is 10.0. The van der Waals surface area contributed by atoms with Gasteiger partial charge in [-0.3, -0.25) is 4.72 Å². The van der Waals surface area contributed by atoms with Gasteiger partial charge in [-0.15, -0.1) is 0 Å². The number of carbonyl (C=O) groups excluding carboxylic acids is 1. The minimum atomic E-state index is -5.93. The summed E-state index contributed by atoms with van der Waals surface area (Å²) >= 11 is 0. The van der Waals surface area contributed by atoms with Gasteiger partial charge >= 0.3 is 21.6 Å². The zero-order valence-corrected chi connectivity index (χ0v) is 25.7. The molecule has 4 aromatic rings. The first-order valence-electron chi connectivity index (χ1n) is 13.6. The molecule has 0 aliphatic carbocycles. The number of rotatable bonds is 11. The van der Waals surface area contributed by atoms with Crippen molar-refractivity contribution in [1.82, 2.24) is 14.3 Å². The molecule has 10 nitrogen and oxygen atoms in total. The lowest BCUT2D eigenvalue weighted by Gasteiger charge is -2.14. The van der Waals surface area contributed by atoms with Crippen LogP contribution in [0, 0.1) is 0 Å². The van der Waals surface area contributed by atoms with E-state index < -0.39 is 36.9 Å². The van der Waals surface area contributed by atoms with Crippen LogP contribution in [0.5, 0.6) is 5.75 Å². The van der Waals surface area contributed by atoms with Gasteiger partial charge in [0.15, 0.2) is 0 Å². The van der Waals surface area contributed by atoms with Crippen LogP contribution in [-0.2, 0) is 33.0 Å². The monoisotopic (exact) mass is 652 g/mol. The van der Waals surface area contributed by atoms with Gasteiger partial charge in [0.1, 0.15) is 11.6 Å². The number of amides is 1. The van der Waals surface area contributed by atoms with Crippen molar-refractivity contribution in [3.05, 3.63) is 78.1 Å². The van der Waals surface area contributed by atoms with Crippen LogP contribution >= 0.6 is 0 Å². The summed E-state index contributed by atoms with van der Waals surface area (Å²) in [5, 5.41) is -0.612. The number of halogens is 3. The number of ether oxygens (including phenoxy) is 1. The Morgan fingerprint density at radius 2 is 1.68 bits per heavy atom. The number of nitrogens with zero attached hydrogens (tertiary/aromatic N) is 2. The second kappa shape index (κ2) is 12.9. The van der Waals surface area contributed by atoms with Crippen LogP contribution in [0.15, 0.2) is 66.7 Å². The maximum absolute atomic E-state index is 12.6. The molecule has 1 amide bonds. The van der Waals surface area contributed by atoms with Crippen molar-refractivity contribution >= 4 is 42.9 Å². The lowest BCUT2D eigenvalue weighted by Crippen LogP contribution is -2.41. The number of hydrogen-bond acceptors (Lipinski definition) is 7. The van der Waals surface area contributed by atoms with Crippen molar-refractivity contribution in [3.63, 3.8) is 0 Å². The minimum Gasteiger partial charge on any atom is -0.409 e. The largest absolute Gasteiger partial charge is 0.516 e. The molecule has 0 saturated carbocycles. The maximum atomic E-state index is 12.6. The average Bonchev–Trinajstić information content (AvgIpc) is 3.27. The van der Waals surface area contributed by atoms with Crippen LogP contribution in [0.2, 0.25) is 0 Å². The Bertz CT molecular complexity index is 1870. The van der Waals surface area contributed by atoms with Gasteiger partial charge in [-0.05, 0) is 55.7 Å². The summed E-state index contributed by atoms with van der Waals surface area (Å²) in [6, 6.07) is 18.3. The zero-order chi connectivity index (χ0) is 32.3. The number of benzene rings is 3. The smallest absolute Gasteiger partial charge is 0.409 e. The molecule has 2 N–H and O–H groups in total. The number of anilines is 1. The number of aromatic nitrogens is 2. The summed E-state index contributed by atoms with van der Waals surface area (Å²) in [6.45, 7) is 5.67. The molecule has 0 spiro atoms. The molecule has 0 unspecified atom stereocenters. The van der Waals surface area contributed by atoms with Crippen molar-refractivity contribution in [2.45, 2.75) is 57.3 Å². The van der Waals surface area contributed by atoms with Crippen LogP contribution in [-0.4, -0.2) is 43.2 Å². The number of para-hydroxylation sites is 1. The molecule has 1 heterocycles. The quantitative estimate of drug-likeness (QED) is 0.197. The summed E-state index contributed by atoms with van der Waals surface area (Å²) in [5.41, 5.74) is -2.01. The number of imidazole rings is 1. The molecule has 0 aliphatic heterocycles. The number of unbranched alkanes of at least 4 members (excludes halogenated alkanes) is 1.